The van der Waals surface area contributed by atoms with Crippen LogP contribution in [0.3, 0.4) is 0 Å². The number of carboxylic acid groups (broad SMARTS) is 1. The van der Waals surface area contributed by atoms with Crippen molar-refractivity contribution in [2.75, 3.05) is 11.1 Å². The molecule has 0 bridgehead atoms. The monoisotopic (exact) mass is 612 g/mol. The number of azo groups is 2. The van der Waals surface area contributed by atoms with Gasteiger partial charge in [0, 0.05) is 38.8 Å². The van der Waals surface area contributed by atoms with E-state index in [4.69, 9.17) is 16.1 Å². The van der Waals surface area contributed by atoms with Gasteiger partial charge in [0.15, 0.2) is 5.75 Å². The largest absolute Gasteiger partial charge is 0.505 e. The van der Waals surface area contributed by atoms with Gasteiger partial charge in [0.25, 0.3) is 0 Å². The first-order valence-corrected chi connectivity index (χ1v) is 14.2. The van der Waals surface area contributed by atoms with Crippen LogP contribution in [-0.4, -0.2) is 21.4 Å². The summed E-state index contributed by atoms with van der Waals surface area (Å²) in [6.45, 7) is 1.80. The van der Waals surface area contributed by atoms with E-state index in [2.05, 4.69) is 30.7 Å². The Morgan fingerprint density at radius 2 is 1.46 bits per heavy atom. The van der Waals surface area contributed by atoms with E-state index < -0.39 is 5.97 Å². The summed E-state index contributed by atoms with van der Waals surface area (Å²) >= 11 is 0. The topological polar surface area (TPSA) is 174 Å². The van der Waals surface area contributed by atoms with Gasteiger partial charge in [-0.3, -0.25) is 5.26 Å². The molecular weight excluding hydrogens is 584 g/mol. The van der Waals surface area contributed by atoms with Crippen LogP contribution < -0.4 is 11.1 Å². The number of phenolic OH excluding ortho intramolecular Hbond substituents is 1. The first kappa shape index (κ1) is 29.9. The Balaban J connectivity index is 1.30. The van der Waals surface area contributed by atoms with E-state index in [1.165, 1.54) is 12.1 Å². The van der Waals surface area contributed by atoms with Crippen LogP contribution >= 0.6 is 0 Å². The zero-order valence-corrected chi connectivity index (χ0v) is 24.5. The lowest BCUT2D eigenvalue weighted by Gasteiger charge is -2.11. The van der Waals surface area contributed by atoms with Crippen LogP contribution in [0.15, 0.2) is 124 Å². The first-order valence-electron chi connectivity index (χ1n) is 14.2. The zero-order valence-electron chi connectivity index (χ0n) is 24.5. The Hall–Kier alpha value is -6.17. The van der Waals surface area contributed by atoms with Gasteiger partial charge in [-0.25, -0.2) is 9.68 Å². The number of rotatable bonds is 9. The number of carboxylic acids is 1. The number of hydrogen-bond acceptors (Lipinski definition) is 10. The van der Waals surface area contributed by atoms with Gasteiger partial charge in [0.1, 0.15) is 12.3 Å². The van der Waals surface area contributed by atoms with Gasteiger partial charge in [0.05, 0.1) is 22.6 Å². The van der Waals surface area contributed by atoms with Crippen LogP contribution in [0.2, 0.25) is 0 Å². The number of fused-ring (bicyclic) bond motifs is 2. The predicted molar refractivity (Wildman–Crippen MR) is 178 cm³/mol. The third-order valence-corrected chi connectivity index (χ3v) is 7.45. The van der Waals surface area contributed by atoms with E-state index in [9.17, 15) is 9.90 Å². The molecule has 0 unspecified atom stereocenters. The zero-order chi connectivity index (χ0) is 32.2. The Morgan fingerprint density at radius 3 is 2.13 bits per heavy atom. The Labute approximate surface area is 262 Å². The highest BCUT2D eigenvalue weighted by Crippen LogP contribution is 2.41. The first-order chi connectivity index (χ1) is 22.3. The fraction of sp³-hybridized carbons (Fsp3) is 0.0571. The third-order valence-electron chi connectivity index (χ3n) is 7.45. The molecule has 46 heavy (non-hydrogen) atoms. The maximum Gasteiger partial charge on any atom is 0.335 e. The normalized spacial score (nSPS) is 11.6. The standard InChI is InChI=1S/C35H28N6O5/c1-20-16-22-8-11-25(37-24-9-6-21(7-10-24)35(43)44)18-29(22)34(42)33(20)41-40-32-15-14-31(27-4-2-3-5-28(27)32)39-38-26-12-13-30(36)23(17-26)19-46-45/h2-18,37,42,45H,19,36H2,1H3,(H,43,44). The fourth-order valence-corrected chi connectivity index (χ4v) is 5.08. The Morgan fingerprint density at radius 1 is 0.783 bits per heavy atom. The van der Waals surface area contributed by atoms with E-state index in [0.717, 1.165) is 21.7 Å². The molecule has 0 radical (unpaired) electrons. The molecule has 0 saturated heterocycles. The average Bonchev–Trinajstić information content (AvgIpc) is 3.06. The molecule has 0 saturated carbocycles. The molecule has 0 aliphatic heterocycles. The van der Waals surface area contributed by atoms with Crippen LogP contribution in [-0.2, 0) is 11.5 Å². The predicted octanol–water partition coefficient (Wildman–Crippen LogP) is 9.85. The summed E-state index contributed by atoms with van der Waals surface area (Å²) < 4.78 is 0. The van der Waals surface area contributed by atoms with Crippen molar-refractivity contribution in [1.82, 2.24) is 0 Å². The van der Waals surface area contributed by atoms with Crippen LogP contribution in [0.1, 0.15) is 21.5 Å². The molecule has 0 aliphatic carbocycles. The number of nitrogens with one attached hydrogen (secondary N) is 1. The van der Waals surface area contributed by atoms with Crippen molar-refractivity contribution in [3.8, 4) is 5.75 Å². The molecule has 11 heteroatoms. The van der Waals surface area contributed by atoms with Crippen molar-refractivity contribution in [2.45, 2.75) is 13.5 Å². The van der Waals surface area contributed by atoms with E-state index in [1.54, 1.807) is 42.5 Å². The lowest BCUT2D eigenvalue weighted by atomic mass is 10.0. The minimum atomic E-state index is -0.992. The van der Waals surface area contributed by atoms with Gasteiger partial charge in [-0.2, -0.15) is 5.11 Å². The number of aromatic carboxylic acids is 1. The molecule has 6 aromatic rings. The van der Waals surface area contributed by atoms with Crippen molar-refractivity contribution in [3.05, 3.63) is 120 Å². The molecule has 0 spiro atoms. The van der Waals surface area contributed by atoms with E-state index in [1.807, 2.05) is 55.5 Å². The number of hydrogen-bond donors (Lipinski definition) is 5. The molecule has 6 aromatic carbocycles. The second kappa shape index (κ2) is 12.8. The van der Waals surface area contributed by atoms with E-state index in [0.29, 0.717) is 50.8 Å². The highest BCUT2D eigenvalue weighted by Gasteiger charge is 2.13. The number of phenols is 1. The Kier molecular flexibility index (Phi) is 8.33. The second-order valence-electron chi connectivity index (χ2n) is 10.5. The summed E-state index contributed by atoms with van der Waals surface area (Å²) in [6.07, 6.45) is 0. The minimum absolute atomic E-state index is 0.00665. The lowest BCUT2D eigenvalue weighted by molar-refractivity contribution is -0.252. The van der Waals surface area contributed by atoms with Gasteiger partial charge >= 0.3 is 5.97 Å². The molecule has 228 valence electrons. The molecule has 0 aliphatic rings. The molecule has 0 heterocycles. The number of nitrogens with zero attached hydrogens (tertiary/aromatic N) is 4. The molecule has 6 N–H and O–H groups in total. The van der Waals surface area contributed by atoms with Gasteiger partial charge in [0.2, 0.25) is 0 Å². The summed E-state index contributed by atoms with van der Waals surface area (Å²) in [4.78, 5) is 15.4. The van der Waals surface area contributed by atoms with Gasteiger partial charge in [-0.15, -0.1) is 15.3 Å². The smallest absolute Gasteiger partial charge is 0.335 e. The maximum absolute atomic E-state index is 11.3. The summed E-state index contributed by atoms with van der Waals surface area (Å²) in [5.74, 6) is -0.999. The van der Waals surface area contributed by atoms with Crippen LogP contribution in [0.25, 0.3) is 21.5 Å². The van der Waals surface area contributed by atoms with Gasteiger partial charge in [-0.1, -0.05) is 30.3 Å². The number of nitrogen functional groups attached to an aromatic ring is 1. The number of aryl methyl sites for hydroxylation is 1. The SMILES string of the molecule is Cc1cc2ccc(Nc3ccc(C(=O)O)cc3)cc2c(O)c1N=Nc1ccc(N=Nc2ccc(N)c(COO)c2)c2ccccc12. The van der Waals surface area contributed by atoms with Crippen LogP contribution in [0, 0.1) is 6.92 Å². The van der Waals surface area contributed by atoms with Crippen molar-refractivity contribution in [2.24, 2.45) is 20.5 Å². The number of anilines is 3. The molecular formula is C35H28N6O5. The lowest BCUT2D eigenvalue weighted by Crippen LogP contribution is -1.96. The van der Waals surface area contributed by atoms with Gasteiger partial charge in [-0.05, 0) is 90.7 Å². The van der Waals surface area contributed by atoms with Crippen molar-refractivity contribution >= 4 is 67.3 Å². The van der Waals surface area contributed by atoms with Crippen LogP contribution in [0.5, 0.6) is 5.75 Å². The van der Waals surface area contributed by atoms with E-state index >= 15 is 0 Å². The summed E-state index contributed by atoms with van der Waals surface area (Å²) in [5.41, 5.74) is 11.4. The minimum Gasteiger partial charge on any atom is -0.505 e. The molecule has 6 rings (SSSR count). The number of aromatic hydroxyl groups is 1. The highest BCUT2D eigenvalue weighted by molar-refractivity contribution is 6.00. The quantitative estimate of drug-likeness (QED) is 0.0467. The third kappa shape index (κ3) is 6.22. The number of carbonyl (C=O) groups is 1. The highest BCUT2D eigenvalue weighted by atomic mass is 17.1. The average molecular weight is 613 g/mol. The molecule has 11 nitrogen and oxygen atoms in total. The maximum atomic E-state index is 11.3. The number of benzene rings is 6. The van der Waals surface area contributed by atoms with Crippen molar-refractivity contribution < 1.29 is 25.2 Å². The molecule has 0 atom stereocenters. The molecule has 0 aromatic heterocycles. The molecule has 0 amide bonds. The molecule has 0 fully saturated rings. The van der Waals surface area contributed by atoms with Crippen molar-refractivity contribution in [3.63, 3.8) is 0 Å². The summed E-state index contributed by atoms with van der Waals surface area (Å²) in [6, 6.07) is 30.2. The second-order valence-corrected chi connectivity index (χ2v) is 10.5. The summed E-state index contributed by atoms with van der Waals surface area (Å²) in [7, 11) is 0. The summed E-state index contributed by atoms with van der Waals surface area (Å²) in [5, 5.41) is 53.3. The van der Waals surface area contributed by atoms with Crippen LogP contribution in [0.4, 0.5) is 39.8 Å². The van der Waals surface area contributed by atoms with Gasteiger partial charge < -0.3 is 21.3 Å². The fourth-order valence-electron chi connectivity index (χ4n) is 5.08. The Bertz CT molecular complexity index is 2160. The van der Waals surface area contributed by atoms with E-state index in [-0.39, 0.29) is 17.9 Å². The van der Waals surface area contributed by atoms with Crippen molar-refractivity contribution in [1.29, 1.82) is 0 Å². The number of nitrogens with two attached hydrogens (primary N) is 1.